The Morgan fingerprint density at radius 3 is 3.10 bits per heavy atom. The van der Waals surface area contributed by atoms with Crippen molar-refractivity contribution in [1.82, 2.24) is 10.2 Å². The molecule has 0 aliphatic carbocycles. The van der Waals surface area contributed by atoms with Crippen molar-refractivity contribution in [3.05, 3.63) is 30.1 Å². The van der Waals surface area contributed by atoms with Crippen LogP contribution < -0.4 is 10.1 Å². The number of nitrogens with one attached hydrogen (secondary N) is 1. The maximum atomic E-state index is 13.1. The molecule has 1 N–H and O–H groups in total. The Morgan fingerprint density at radius 1 is 1.60 bits per heavy atom. The molecule has 110 valence electrons. The molecular weight excluding hydrogens is 259 g/mol. The van der Waals surface area contributed by atoms with E-state index < -0.39 is 6.10 Å². The Hall–Kier alpha value is -1.62. The molecule has 1 aliphatic heterocycles. The van der Waals surface area contributed by atoms with E-state index in [1.54, 1.807) is 19.1 Å². The Kier molecular flexibility index (Phi) is 4.95. The number of benzene rings is 1. The zero-order chi connectivity index (χ0) is 14.5. The van der Waals surface area contributed by atoms with Gasteiger partial charge >= 0.3 is 0 Å². The van der Waals surface area contributed by atoms with Gasteiger partial charge < -0.3 is 15.0 Å². The number of carbonyl (C=O) groups is 1. The molecule has 1 heterocycles. The minimum Gasteiger partial charge on any atom is -0.481 e. The average Bonchev–Trinajstić information content (AvgIpc) is 2.87. The molecule has 1 saturated heterocycles. The number of halogens is 1. The van der Waals surface area contributed by atoms with Crippen molar-refractivity contribution in [3.8, 4) is 5.75 Å². The molecule has 0 aromatic heterocycles. The van der Waals surface area contributed by atoms with E-state index >= 15 is 0 Å². The molecule has 1 fully saturated rings. The van der Waals surface area contributed by atoms with Crippen molar-refractivity contribution >= 4 is 5.91 Å². The molecule has 1 aliphatic rings. The first kappa shape index (κ1) is 14.8. The van der Waals surface area contributed by atoms with Gasteiger partial charge in [0, 0.05) is 19.2 Å². The average molecular weight is 280 g/mol. The summed E-state index contributed by atoms with van der Waals surface area (Å²) >= 11 is 0. The Bertz CT molecular complexity index is 467. The summed E-state index contributed by atoms with van der Waals surface area (Å²) in [6, 6.07) is 5.86. The highest BCUT2D eigenvalue weighted by molar-refractivity contribution is 5.81. The molecule has 20 heavy (non-hydrogen) atoms. The molecular formula is C15H21FN2O2. The van der Waals surface area contributed by atoms with Gasteiger partial charge in [0.1, 0.15) is 11.6 Å². The smallest absolute Gasteiger partial charge is 0.263 e. The van der Waals surface area contributed by atoms with Gasteiger partial charge in [-0.1, -0.05) is 6.07 Å². The standard InChI is InChI=1S/C15H21FN2O2/c1-11(20-14-5-3-4-13(16)8-14)15(19)18-7-6-12(10-18)9-17-2/h3-5,8,11-12,17H,6-7,9-10H2,1-2H3. The van der Waals surface area contributed by atoms with Gasteiger partial charge in [0.2, 0.25) is 0 Å². The summed E-state index contributed by atoms with van der Waals surface area (Å²) in [5.41, 5.74) is 0. The van der Waals surface area contributed by atoms with Gasteiger partial charge in [-0.15, -0.1) is 0 Å². The van der Waals surface area contributed by atoms with Gasteiger partial charge in [-0.2, -0.15) is 0 Å². The number of likely N-dealkylation sites (tertiary alicyclic amines) is 1. The van der Waals surface area contributed by atoms with Crippen molar-refractivity contribution < 1.29 is 13.9 Å². The summed E-state index contributed by atoms with van der Waals surface area (Å²) in [6.07, 6.45) is 0.421. The van der Waals surface area contributed by atoms with E-state index in [0.717, 1.165) is 26.1 Å². The van der Waals surface area contributed by atoms with Gasteiger partial charge in [0.25, 0.3) is 5.91 Å². The van der Waals surface area contributed by atoms with Crippen LogP contribution in [0.25, 0.3) is 0 Å². The van der Waals surface area contributed by atoms with Gasteiger partial charge in [-0.05, 0) is 45.0 Å². The first-order chi connectivity index (χ1) is 9.60. The number of hydrogen-bond acceptors (Lipinski definition) is 3. The van der Waals surface area contributed by atoms with Crippen LogP contribution in [0.1, 0.15) is 13.3 Å². The van der Waals surface area contributed by atoms with Crippen LogP contribution in [0.5, 0.6) is 5.75 Å². The SMILES string of the molecule is CNCC1CCN(C(=O)C(C)Oc2cccc(F)c2)C1. The highest BCUT2D eigenvalue weighted by Crippen LogP contribution is 2.19. The molecule has 0 spiro atoms. The molecule has 0 radical (unpaired) electrons. The van der Waals surface area contributed by atoms with E-state index in [2.05, 4.69) is 5.32 Å². The van der Waals surface area contributed by atoms with Gasteiger partial charge in [0.15, 0.2) is 6.10 Å². The second-order valence-corrected chi connectivity index (χ2v) is 5.21. The van der Waals surface area contributed by atoms with Crippen LogP contribution in [-0.2, 0) is 4.79 Å². The number of rotatable bonds is 5. The van der Waals surface area contributed by atoms with E-state index in [0.29, 0.717) is 11.7 Å². The normalized spacial score (nSPS) is 19.9. The van der Waals surface area contributed by atoms with E-state index in [-0.39, 0.29) is 11.7 Å². The fraction of sp³-hybridized carbons (Fsp3) is 0.533. The van der Waals surface area contributed by atoms with Crippen LogP contribution in [0, 0.1) is 11.7 Å². The summed E-state index contributed by atoms with van der Waals surface area (Å²) in [6.45, 7) is 4.15. The summed E-state index contributed by atoms with van der Waals surface area (Å²) in [5, 5.41) is 3.13. The molecule has 0 bridgehead atoms. The first-order valence-electron chi connectivity index (χ1n) is 6.95. The third-order valence-electron chi connectivity index (χ3n) is 3.55. The van der Waals surface area contributed by atoms with Crippen molar-refractivity contribution in [2.75, 3.05) is 26.7 Å². The van der Waals surface area contributed by atoms with Gasteiger partial charge in [-0.3, -0.25) is 4.79 Å². The molecule has 4 nitrogen and oxygen atoms in total. The number of nitrogens with zero attached hydrogens (tertiary/aromatic N) is 1. The van der Waals surface area contributed by atoms with Crippen LogP contribution in [0.3, 0.4) is 0 Å². The van der Waals surface area contributed by atoms with E-state index in [9.17, 15) is 9.18 Å². The van der Waals surface area contributed by atoms with Crippen LogP contribution in [-0.4, -0.2) is 43.6 Å². The third-order valence-corrected chi connectivity index (χ3v) is 3.55. The fourth-order valence-corrected chi connectivity index (χ4v) is 2.54. The number of hydrogen-bond donors (Lipinski definition) is 1. The second kappa shape index (κ2) is 6.70. The quantitative estimate of drug-likeness (QED) is 0.892. The van der Waals surface area contributed by atoms with Crippen LogP contribution in [0.2, 0.25) is 0 Å². The number of carbonyl (C=O) groups excluding carboxylic acids is 1. The molecule has 2 rings (SSSR count). The predicted molar refractivity (Wildman–Crippen MR) is 75.1 cm³/mol. The van der Waals surface area contributed by atoms with Crippen LogP contribution in [0.15, 0.2) is 24.3 Å². The van der Waals surface area contributed by atoms with Crippen molar-refractivity contribution in [2.45, 2.75) is 19.4 Å². The first-order valence-corrected chi connectivity index (χ1v) is 6.95. The third kappa shape index (κ3) is 3.70. The highest BCUT2D eigenvalue weighted by atomic mass is 19.1. The molecule has 2 unspecified atom stereocenters. The maximum absolute atomic E-state index is 13.1. The van der Waals surface area contributed by atoms with E-state index in [4.69, 9.17) is 4.74 Å². The molecule has 2 atom stereocenters. The zero-order valence-corrected chi connectivity index (χ0v) is 11.9. The molecule has 0 saturated carbocycles. The van der Waals surface area contributed by atoms with Crippen LogP contribution >= 0.6 is 0 Å². The van der Waals surface area contributed by atoms with Crippen molar-refractivity contribution in [1.29, 1.82) is 0 Å². The molecule has 1 amide bonds. The Morgan fingerprint density at radius 2 is 2.40 bits per heavy atom. The van der Waals surface area contributed by atoms with Gasteiger partial charge in [-0.25, -0.2) is 4.39 Å². The molecule has 5 heteroatoms. The monoisotopic (exact) mass is 280 g/mol. The summed E-state index contributed by atoms with van der Waals surface area (Å²) in [5.74, 6) is 0.493. The largest absolute Gasteiger partial charge is 0.481 e. The van der Waals surface area contributed by atoms with E-state index in [1.807, 2.05) is 11.9 Å². The Balaban J connectivity index is 1.89. The topological polar surface area (TPSA) is 41.6 Å². The minimum absolute atomic E-state index is 0.0344. The van der Waals surface area contributed by atoms with Crippen molar-refractivity contribution in [3.63, 3.8) is 0 Å². The van der Waals surface area contributed by atoms with Crippen molar-refractivity contribution in [2.24, 2.45) is 5.92 Å². The fourth-order valence-electron chi connectivity index (χ4n) is 2.54. The number of ether oxygens (including phenoxy) is 1. The summed E-state index contributed by atoms with van der Waals surface area (Å²) in [4.78, 5) is 14.1. The summed E-state index contributed by atoms with van der Waals surface area (Å²) in [7, 11) is 1.92. The van der Waals surface area contributed by atoms with E-state index in [1.165, 1.54) is 12.1 Å². The number of amides is 1. The second-order valence-electron chi connectivity index (χ2n) is 5.21. The highest BCUT2D eigenvalue weighted by Gasteiger charge is 2.29. The molecule has 1 aromatic carbocycles. The maximum Gasteiger partial charge on any atom is 0.263 e. The zero-order valence-electron chi connectivity index (χ0n) is 11.9. The van der Waals surface area contributed by atoms with Crippen LogP contribution in [0.4, 0.5) is 4.39 Å². The minimum atomic E-state index is -0.592. The lowest BCUT2D eigenvalue weighted by Gasteiger charge is -2.22. The van der Waals surface area contributed by atoms with Gasteiger partial charge in [0.05, 0.1) is 0 Å². The Labute approximate surface area is 118 Å². The lowest BCUT2D eigenvalue weighted by atomic mass is 10.1. The molecule has 1 aromatic rings. The summed E-state index contributed by atoms with van der Waals surface area (Å²) < 4.78 is 18.6. The lowest BCUT2D eigenvalue weighted by Crippen LogP contribution is -2.39. The lowest BCUT2D eigenvalue weighted by molar-refractivity contribution is -0.137. The predicted octanol–water partition coefficient (Wildman–Crippen LogP) is 1.66.